The average Bonchev–Trinajstić information content (AvgIpc) is 3.58. The van der Waals surface area contributed by atoms with Crippen LogP contribution in [0.2, 0.25) is 0 Å². The van der Waals surface area contributed by atoms with Gasteiger partial charge in [-0.2, -0.15) is 0 Å². The third kappa shape index (κ3) is 13.3. The van der Waals surface area contributed by atoms with E-state index >= 15 is 0 Å². The number of hydrogen-bond acceptors (Lipinski definition) is 8. The molecular weight excluding hydrogens is 589 g/mol. The van der Waals surface area contributed by atoms with Crippen molar-refractivity contribution in [1.29, 1.82) is 0 Å². The summed E-state index contributed by atoms with van der Waals surface area (Å²) in [5, 5.41) is 14.2. The van der Waals surface area contributed by atoms with Crippen molar-refractivity contribution < 1.29 is 19.3 Å². The standard InChI is InChI=1S/C26H36O3S4.C4H10O.C2H6.CH4/c1-6-8-13-30-16-18-14-20-19(9-10-29-12-11-28-5)24(27)21-15-23(22(7-2)31-17(3)4)33-26(21)25(20)32-18;1-3-4-5-2;1-2;/h7-8,13-15,17,19,24,27H,6,9-12,16H2,1-5H3;3-4H2,1-2H3;1-2H3;1H4/b13-8-,22-7-;;;. The van der Waals surface area contributed by atoms with Gasteiger partial charge in [-0.3, -0.25) is 0 Å². The molecule has 3 rings (SSSR count). The van der Waals surface area contributed by atoms with Gasteiger partial charge < -0.3 is 19.3 Å². The van der Waals surface area contributed by atoms with Crippen molar-refractivity contribution in [1.82, 2.24) is 0 Å². The minimum absolute atomic E-state index is 0. The van der Waals surface area contributed by atoms with Crippen molar-refractivity contribution in [2.45, 2.75) is 98.2 Å². The molecule has 0 radical (unpaired) electrons. The highest BCUT2D eigenvalue weighted by Gasteiger charge is 2.36. The fraction of sp³-hybridized carbons (Fsp3) is 0.636. The lowest BCUT2D eigenvalue weighted by Gasteiger charge is -2.28. The van der Waals surface area contributed by atoms with Crippen LogP contribution in [0.5, 0.6) is 0 Å². The van der Waals surface area contributed by atoms with Gasteiger partial charge >= 0.3 is 0 Å². The molecule has 2 aromatic heterocycles. The lowest BCUT2D eigenvalue weighted by molar-refractivity contribution is 0.0555. The van der Waals surface area contributed by atoms with Crippen molar-refractivity contribution >= 4 is 51.1 Å². The Balaban J connectivity index is 0.00000180. The normalized spacial score (nSPS) is 15.9. The second-order valence-electron chi connectivity index (χ2n) is 9.24. The first-order chi connectivity index (χ1) is 19.4. The van der Waals surface area contributed by atoms with Crippen LogP contribution in [0, 0.1) is 0 Å². The number of thiophene rings is 2. The van der Waals surface area contributed by atoms with Gasteiger partial charge in [0.05, 0.1) is 24.2 Å². The van der Waals surface area contributed by atoms with E-state index in [-0.39, 0.29) is 13.3 Å². The SMILES string of the molecule is C.C/C=C(\SC(C)C)c1cc2c(s1)-c1sc(CS/C=C\CC)cc1C(CCOCCOC)C2O.CC.CCCOC. The number of methoxy groups -OCH3 is 2. The molecule has 0 amide bonds. The largest absolute Gasteiger partial charge is 0.388 e. The molecule has 0 saturated carbocycles. The molecule has 0 fully saturated rings. The number of aliphatic hydroxyl groups excluding tert-OH is 1. The van der Waals surface area contributed by atoms with Gasteiger partial charge in [0.1, 0.15) is 0 Å². The zero-order valence-corrected chi connectivity index (χ0v) is 29.3. The van der Waals surface area contributed by atoms with Crippen LogP contribution in [0.25, 0.3) is 14.7 Å². The van der Waals surface area contributed by atoms with E-state index < -0.39 is 6.10 Å². The highest BCUT2D eigenvalue weighted by Crippen LogP contribution is 2.55. The Morgan fingerprint density at radius 1 is 1.00 bits per heavy atom. The molecule has 4 nitrogen and oxygen atoms in total. The Labute approximate surface area is 268 Å². The molecule has 0 aromatic carbocycles. The highest BCUT2D eigenvalue weighted by molar-refractivity contribution is 8.09. The molecule has 2 heterocycles. The van der Waals surface area contributed by atoms with Crippen molar-refractivity contribution in [3.63, 3.8) is 0 Å². The maximum Gasteiger partial charge on any atom is 0.0874 e. The van der Waals surface area contributed by atoms with Crippen LogP contribution in [0.15, 0.2) is 29.7 Å². The van der Waals surface area contributed by atoms with Crippen LogP contribution in [0.1, 0.15) is 108 Å². The zero-order chi connectivity index (χ0) is 29.9. The molecular formula is C33H56O4S4. The maximum absolute atomic E-state index is 11.5. The molecule has 0 aliphatic heterocycles. The zero-order valence-electron chi connectivity index (χ0n) is 26.1. The molecule has 1 aliphatic rings. The minimum atomic E-state index is -0.499. The number of aliphatic hydroxyl groups is 1. The maximum atomic E-state index is 11.5. The van der Waals surface area contributed by atoms with Gasteiger partial charge in [-0.05, 0) is 49.3 Å². The van der Waals surface area contributed by atoms with Gasteiger partial charge in [-0.15, -0.1) is 46.2 Å². The summed E-state index contributed by atoms with van der Waals surface area (Å²) in [4.78, 5) is 6.52. The second-order valence-corrected chi connectivity index (χ2v) is 13.9. The molecule has 0 bridgehead atoms. The van der Waals surface area contributed by atoms with Crippen molar-refractivity contribution in [2.75, 3.05) is 40.6 Å². The Morgan fingerprint density at radius 3 is 2.24 bits per heavy atom. The summed E-state index contributed by atoms with van der Waals surface area (Å²) < 4.78 is 15.6. The lowest BCUT2D eigenvalue weighted by atomic mass is 9.82. The Kier molecular flexibility index (Phi) is 23.5. The van der Waals surface area contributed by atoms with E-state index in [2.05, 4.69) is 64.3 Å². The van der Waals surface area contributed by atoms with E-state index in [0.717, 1.165) is 37.2 Å². The van der Waals surface area contributed by atoms with Gasteiger partial charge in [-0.1, -0.05) is 61.1 Å². The topological polar surface area (TPSA) is 47.9 Å². The van der Waals surface area contributed by atoms with E-state index in [1.807, 2.05) is 60.0 Å². The summed E-state index contributed by atoms with van der Waals surface area (Å²) in [7, 11) is 3.40. The second kappa shape index (κ2) is 23.8. The van der Waals surface area contributed by atoms with Gasteiger partial charge in [0.2, 0.25) is 0 Å². The first-order valence-corrected chi connectivity index (χ1v) is 18.1. The monoisotopic (exact) mass is 644 g/mol. The van der Waals surface area contributed by atoms with Crippen LogP contribution in [0.4, 0.5) is 0 Å². The third-order valence-corrected chi connectivity index (χ3v) is 10.7. The predicted molar refractivity (Wildman–Crippen MR) is 190 cm³/mol. The van der Waals surface area contributed by atoms with Gasteiger partial charge in [-0.25, -0.2) is 0 Å². The first-order valence-electron chi connectivity index (χ1n) is 14.5. The molecule has 0 saturated heterocycles. The fourth-order valence-corrected chi connectivity index (χ4v) is 8.65. The summed E-state index contributed by atoms with van der Waals surface area (Å²) >= 11 is 7.46. The van der Waals surface area contributed by atoms with Crippen LogP contribution < -0.4 is 0 Å². The summed E-state index contributed by atoms with van der Waals surface area (Å²) in [6.45, 7) is 17.5. The fourth-order valence-electron chi connectivity index (χ4n) is 4.08. The minimum Gasteiger partial charge on any atom is -0.388 e. The Morgan fingerprint density at radius 2 is 1.68 bits per heavy atom. The summed E-state index contributed by atoms with van der Waals surface area (Å²) in [5.74, 6) is 1.03. The smallest absolute Gasteiger partial charge is 0.0874 e. The summed E-state index contributed by atoms with van der Waals surface area (Å²) in [6.07, 6.45) is 6.90. The molecule has 41 heavy (non-hydrogen) atoms. The van der Waals surface area contributed by atoms with E-state index in [9.17, 15) is 5.11 Å². The number of allylic oxidation sites excluding steroid dienone is 2. The number of hydrogen-bond donors (Lipinski definition) is 1. The molecule has 1 aliphatic carbocycles. The Hall–Kier alpha value is -0.580. The van der Waals surface area contributed by atoms with Crippen molar-refractivity contribution in [3.8, 4) is 9.75 Å². The van der Waals surface area contributed by atoms with E-state index in [4.69, 9.17) is 14.2 Å². The summed E-state index contributed by atoms with van der Waals surface area (Å²) in [5.41, 5.74) is 2.37. The number of rotatable bonds is 15. The van der Waals surface area contributed by atoms with Crippen LogP contribution >= 0.6 is 46.2 Å². The molecule has 0 spiro atoms. The number of ether oxygens (including phenoxy) is 3. The van der Waals surface area contributed by atoms with Crippen molar-refractivity contribution in [3.05, 3.63) is 50.6 Å². The van der Waals surface area contributed by atoms with Crippen LogP contribution in [-0.4, -0.2) is 51.0 Å². The number of thioether (sulfide) groups is 2. The predicted octanol–water partition coefficient (Wildman–Crippen LogP) is 11.0. The van der Waals surface area contributed by atoms with E-state index in [1.54, 1.807) is 14.2 Å². The van der Waals surface area contributed by atoms with E-state index in [0.29, 0.717) is 25.1 Å². The third-order valence-electron chi connectivity index (χ3n) is 5.81. The van der Waals surface area contributed by atoms with Gasteiger partial charge in [0, 0.05) is 69.5 Å². The van der Waals surface area contributed by atoms with Crippen LogP contribution in [-0.2, 0) is 20.0 Å². The molecule has 2 atom stereocenters. The highest BCUT2D eigenvalue weighted by atomic mass is 32.2. The molecule has 8 heteroatoms. The molecule has 2 aromatic rings. The summed E-state index contributed by atoms with van der Waals surface area (Å²) in [6, 6.07) is 4.56. The quantitative estimate of drug-likeness (QED) is 0.195. The molecule has 1 N–H and O–H groups in total. The number of fused-ring (bicyclic) bond motifs is 3. The average molecular weight is 645 g/mol. The molecule has 236 valence electrons. The Bertz CT molecular complexity index is 992. The molecule has 2 unspecified atom stereocenters. The van der Waals surface area contributed by atoms with Crippen LogP contribution in [0.3, 0.4) is 0 Å². The van der Waals surface area contributed by atoms with E-state index in [1.165, 1.54) is 30.0 Å². The first kappa shape index (κ1) is 40.4. The lowest BCUT2D eigenvalue weighted by Crippen LogP contribution is -2.17. The van der Waals surface area contributed by atoms with Gasteiger partial charge in [0.15, 0.2) is 0 Å². The van der Waals surface area contributed by atoms with Crippen molar-refractivity contribution in [2.24, 2.45) is 0 Å². The van der Waals surface area contributed by atoms with Gasteiger partial charge in [0.25, 0.3) is 0 Å².